The highest BCUT2D eigenvalue weighted by Crippen LogP contribution is 2.24. The molecule has 0 aliphatic carbocycles. The molecule has 1 fully saturated rings. The van der Waals surface area contributed by atoms with E-state index in [2.05, 4.69) is 9.89 Å². The molecular formula is C30H39ClF3N3O4. The minimum Gasteiger partial charge on any atom is -0.469 e. The number of aryl methyl sites for hydroxylation is 1. The van der Waals surface area contributed by atoms with Gasteiger partial charge in [0.15, 0.2) is 0 Å². The molecule has 1 amide bonds. The summed E-state index contributed by atoms with van der Waals surface area (Å²) < 4.78 is 42.7. The van der Waals surface area contributed by atoms with E-state index in [-0.39, 0.29) is 25.4 Å². The Kier molecular flexibility index (Phi) is 14.1. The van der Waals surface area contributed by atoms with Gasteiger partial charge in [0.05, 0.1) is 20.1 Å². The van der Waals surface area contributed by atoms with Crippen LogP contribution in [-0.4, -0.2) is 78.6 Å². The van der Waals surface area contributed by atoms with Crippen LogP contribution in [0.5, 0.6) is 0 Å². The summed E-state index contributed by atoms with van der Waals surface area (Å²) in [6, 6.07) is 5.13. The average molecular weight is 598 g/mol. The lowest BCUT2D eigenvalue weighted by molar-refractivity contribution is -0.140. The molecule has 11 heteroatoms. The van der Waals surface area contributed by atoms with Crippen molar-refractivity contribution < 1.29 is 32.6 Å². The summed E-state index contributed by atoms with van der Waals surface area (Å²) in [5.41, 5.74) is 2.34. The van der Waals surface area contributed by atoms with E-state index in [1.165, 1.54) is 18.1 Å². The summed E-state index contributed by atoms with van der Waals surface area (Å²) >= 11 is 6.36. The van der Waals surface area contributed by atoms with Gasteiger partial charge in [-0.1, -0.05) is 54.5 Å². The van der Waals surface area contributed by atoms with Crippen molar-refractivity contribution >= 4 is 35.8 Å². The van der Waals surface area contributed by atoms with Crippen LogP contribution in [0.4, 0.5) is 13.2 Å². The standard InChI is InChI=1S/C30H39ClF3N3O4/c1-4-23(13-14-30(32,33)34)19-22(2)37(28(39)21-38)18-15-35-27(36-16-6-17-36)8-5-7-25-20-24(9-11-26(25)31)10-12-29(40)41-3/h5,7-9,11,13,15,20,22,38H,4,6,10,12,14,16-19,21H2,1-3H3/b7-5+,23-13+,27-8+,35-15+. The number of nitrogens with zero attached hydrogens (tertiary/aromatic N) is 3. The zero-order chi connectivity index (χ0) is 30.4. The van der Waals surface area contributed by atoms with Crippen molar-refractivity contribution in [1.29, 1.82) is 0 Å². The molecule has 0 saturated carbocycles. The van der Waals surface area contributed by atoms with Crippen LogP contribution in [0.3, 0.4) is 0 Å². The van der Waals surface area contributed by atoms with E-state index >= 15 is 0 Å². The Balaban J connectivity index is 2.15. The topological polar surface area (TPSA) is 82.4 Å². The number of aliphatic hydroxyl groups is 1. The first kappa shape index (κ1) is 34.1. The number of likely N-dealkylation sites (tertiary alicyclic amines) is 1. The van der Waals surface area contributed by atoms with E-state index in [0.717, 1.165) is 30.6 Å². The summed E-state index contributed by atoms with van der Waals surface area (Å²) in [6.07, 6.45) is 5.49. The molecule has 2 rings (SSSR count). The highest BCUT2D eigenvalue weighted by Gasteiger charge is 2.26. The molecule has 1 aromatic rings. The lowest BCUT2D eigenvalue weighted by Gasteiger charge is -2.33. The van der Waals surface area contributed by atoms with Crippen LogP contribution in [0, 0.1) is 0 Å². The van der Waals surface area contributed by atoms with Crippen LogP contribution in [0.1, 0.15) is 57.1 Å². The number of ether oxygens (including phenoxy) is 1. The molecule has 1 N–H and O–H groups in total. The van der Waals surface area contributed by atoms with Crippen molar-refractivity contribution in [3.8, 4) is 0 Å². The van der Waals surface area contributed by atoms with Gasteiger partial charge in [-0.25, -0.2) is 4.99 Å². The van der Waals surface area contributed by atoms with Crippen LogP contribution in [0.25, 0.3) is 6.08 Å². The number of rotatable bonds is 15. The normalized spacial score (nSPS) is 15.4. The first-order chi connectivity index (χ1) is 19.5. The molecule has 7 nitrogen and oxygen atoms in total. The van der Waals surface area contributed by atoms with Crippen LogP contribution in [0.15, 0.2) is 52.8 Å². The number of halogens is 4. The number of esters is 1. The van der Waals surface area contributed by atoms with Crippen molar-refractivity contribution in [2.24, 2.45) is 4.99 Å². The molecule has 1 aliphatic heterocycles. The molecule has 0 bridgehead atoms. The summed E-state index contributed by atoms with van der Waals surface area (Å²) in [5.74, 6) is -0.116. The monoisotopic (exact) mass is 597 g/mol. The van der Waals surface area contributed by atoms with Crippen LogP contribution >= 0.6 is 11.6 Å². The Morgan fingerprint density at radius 2 is 2.02 bits per heavy atom. The van der Waals surface area contributed by atoms with E-state index in [0.29, 0.717) is 29.3 Å². The van der Waals surface area contributed by atoms with Crippen molar-refractivity contribution in [3.05, 3.63) is 64.0 Å². The van der Waals surface area contributed by atoms with E-state index in [1.54, 1.807) is 26.1 Å². The Hall–Kier alpha value is -3.11. The summed E-state index contributed by atoms with van der Waals surface area (Å²) in [4.78, 5) is 32.0. The first-order valence-electron chi connectivity index (χ1n) is 13.6. The first-order valence-corrected chi connectivity index (χ1v) is 14.0. The SMILES string of the molecule is CC/C(=C\CC(F)(F)F)CC(C)N(C/C=N/C(=C\C=C\c1cc(CCC(=O)OC)ccc1Cl)N1CCC1)C(=O)CO. The molecule has 1 aliphatic rings. The zero-order valence-electron chi connectivity index (χ0n) is 23.8. The van der Waals surface area contributed by atoms with Crippen molar-refractivity contribution in [3.63, 3.8) is 0 Å². The Labute approximate surface area is 245 Å². The van der Waals surface area contributed by atoms with Gasteiger partial charge in [-0.15, -0.1) is 0 Å². The third-order valence-corrected chi connectivity index (χ3v) is 7.07. The number of carbonyl (C=O) groups excluding carboxylic acids is 2. The number of allylic oxidation sites excluding steroid dienone is 3. The number of aliphatic hydroxyl groups excluding tert-OH is 1. The molecule has 0 radical (unpaired) electrons. The number of hydrogen-bond donors (Lipinski definition) is 1. The maximum Gasteiger partial charge on any atom is 0.392 e. The number of hydrogen-bond acceptors (Lipinski definition) is 6. The molecule has 1 aromatic carbocycles. The Morgan fingerprint density at radius 3 is 2.61 bits per heavy atom. The number of carbonyl (C=O) groups is 2. The molecule has 1 atom stereocenters. The predicted molar refractivity (Wildman–Crippen MR) is 156 cm³/mol. The quantitative estimate of drug-likeness (QED) is 0.117. The second-order valence-electron chi connectivity index (χ2n) is 9.76. The van der Waals surface area contributed by atoms with Gasteiger partial charge in [-0.2, -0.15) is 13.2 Å². The fourth-order valence-electron chi connectivity index (χ4n) is 4.20. The second kappa shape index (κ2) is 17.0. The number of amides is 1. The molecule has 41 heavy (non-hydrogen) atoms. The molecule has 0 spiro atoms. The highest BCUT2D eigenvalue weighted by molar-refractivity contribution is 6.32. The van der Waals surface area contributed by atoms with Gasteiger partial charge in [0, 0.05) is 36.8 Å². The fraction of sp³-hybridized carbons (Fsp3) is 0.500. The van der Waals surface area contributed by atoms with Gasteiger partial charge < -0.3 is 19.6 Å². The number of alkyl halides is 3. The average Bonchev–Trinajstić information content (AvgIpc) is 2.91. The predicted octanol–water partition coefficient (Wildman–Crippen LogP) is 5.97. The Bertz CT molecular complexity index is 1140. The van der Waals surface area contributed by atoms with Gasteiger partial charge in [0.1, 0.15) is 12.4 Å². The highest BCUT2D eigenvalue weighted by atomic mass is 35.5. The zero-order valence-corrected chi connectivity index (χ0v) is 24.5. The van der Waals surface area contributed by atoms with Gasteiger partial charge in [0.25, 0.3) is 0 Å². The van der Waals surface area contributed by atoms with E-state index < -0.39 is 31.2 Å². The van der Waals surface area contributed by atoms with Crippen molar-refractivity contribution in [2.75, 3.05) is 33.4 Å². The van der Waals surface area contributed by atoms with Gasteiger partial charge in [-0.05, 0) is 55.9 Å². The fourth-order valence-corrected chi connectivity index (χ4v) is 4.38. The van der Waals surface area contributed by atoms with Crippen LogP contribution in [0.2, 0.25) is 5.02 Å². The lowest BCUT2D eigenvalue weighted by atomic mass is 10.0. The Morgan fingerprint density at radius 1 is 1.29 bits per heavy atom. The number of aliphatic imine (C=N–C) groups is 1. The van der Waals surface area contributed by atoms with Crippen LogP contribution in [-0.2, 0) is 20.7 Å². The third-order valence-electron chi connectivity index (χ3n) is 6.73. The molecule has 226 valence electrons. The largest absolute Gasteiger partial charge is 0.469 e. The van der Waals surface area contributed by atoms with Crippen LogP contribution < -0.4 is 0 Å². The molecule has 1 heterocycles. The van der Waals surface area contributed by atoms with E-state index in [1.807, 2.05) is 30.4 Å². The van der Waals surface area contributed by atoms with Crippen molar-refractivity contribution in [1.82, 2.24) is 9.80 Å². The van der Waals surface area contributed by atoms with Gasteiger partial charge >= 0.3 is 12.1 Å². The molecular weight excluding hydrogens is 559 g/mol. The molecule has 0 aromatic heterocycles. The second-order valence-corrected chi connectivity index (χ2v) is 10.2. The minimum atomic E-state index is -4.29. The van der Waals surface area contributed by atoms with Gasteiger partial charge in [0.2, 0.25) is 5.91 Å². The minimum absolute atomic E-state index is 0.0970. The summed E-state index contributed by atoms with van der Waals surface area (Å²) in [6.45, 7) is 4.58. The van der Waals surface area contributed by atoms with E-state index in [9.17, 15) is 27.9 Å². The van der Waals surface area contributed by atoms with E-state index in [4.69, 9.17) is 16.3 Å². The maximum absolute atomic E-state index is 12.7. The number of methoxy groups -OCH3 is 1. The van der Waals surface area contributed by atoms with Gasteiger partial charge in [-0.3, -0.25) is 9.59 Å². The lowest BCUT2D eigenvalue weighted by Crippen LogP contribution is -2.42. The molecule has 1 unspecified atom stereocenters. The molecule has 1 saturated heterocycles. The summed E-state index contributed by atoms with van der Waals surface area (Å²) in [5, 5.41) is 10.0. The maximum atomic E-state index is 12.7. The third kappa shape index (κ3) is 12.1. The smallest absolute Gasteiger partial charge is 0.392 e. The van der Waals surface area contributed by atoms with Crippen molar-refractivity contribution in [2.45, 2.75) is 64.6 Å². The number of benzene rings is 1. The summed E-state index contributed by atoms with van der Waals surface area (Å²) in [7, 11) is 1.36.